The number of carbonyl (C=O) groups is 1. The van der Waals surface area contributed by atoms with Crippen LogP contribution in [0, 0.1) is 0 Å². The fourth-order valence-electron chi connectivity index (χ4n) is 1.15. The van der Waals surface area contributed by atoms with Gasteiger partial charge < -0.3 is 0 Å². The molecule has 0 fully saturated rings. The standard InChI is InChI=1S/C8H9N3O3S2/c1-16(13,14)10-2-6(12)7-4-11-5-9-3-8(11)15-7/h3-5,10H,2H2,1H3. The Kier molecular flexibility index (Phi) is 2.78. The summed E-state index contributed by atoms with van der Waals surface area (Å²) < 4.78 is 25.5. The van der Waals surface area contributed by atoms with Crippen LogP contribution >= 0.6 is 11.3 Å². The van der Waals surface area contributed by atoms with E-state index in [-0.39, 0.29) is 12.3 Å². The molecule has 0 aliphatic heterocycles. The summed E-state index contributed by atoms with van der Waals surface area (Å²) in [7, 11) is -3.33. The molecule has 86 valence electrons. The van der Waals surface area contributed by atoms with Gasteiger partial charge in [0.2, 0.25) is 10.0 Å². The molecule has 16 heavy (non-hydrogen) atoms. The van der Waals surface area contributed by atoms with Gasteiger partial charge in [0.05, 0.1) is 30.2 Å². The summed E-state index contributed by atoms with van der Waals surface area (Å²) in [6.45, 7) is -0.212. The first kappa shape index (κ1) is 11.2. The van der Waals surface area contributed by atoms with Crippen LogP contribution in [0.25, 0.3) is 4.83 Å². The number of Topliss-reactive ketones (excluding diaryl/α,β-unsaturated/α-hetero) is 1. The van der Waals surface area contributed by atoms with Crippen LogP contribution in [0.3, 0.4) is 0 Å². The fourth-order valence-corrected chi connectivity index (χ4v) is 2.44. The number of thiazole rings is 1. The molecule has 2 heterocycles. The summed E-state index contributed by atoms with van der Waals surface area (Å²) in [5.41, 5.74) is 0. The zero-order valence-corrected chi connectivity index (χ0v) is 10.0. The third-order valence-corrected chi connectivity index (χ3v) is 3.62. The van der Waals surface area contributed by atoms with Gasteiger partial charge in [0.25, 0.3) is 0 Å². The molecule has 0 unspecified atom stereocenters. The number of fused-ring (bicyclic) bond motifs is 1. The molecule has 2 rings (SSSR count). The van der Waals surface area contributed by atoms with Crippen LogP contribution < -0.4 is 4.72 Å². The molecule has 0 aromatic carbocycles. The lowest BCUT2D eigenvalue weighted by molar-refractivity contribution is 0.100. The van der Waals surface area contributed by atoms with Crippen LogP contribution in [0.4, 0.5) is 0 Å². The van der Waals surface area contributed by atoms with E-state index >= 15 is 0 Å². The monoisotopic (exact) mass is 259 g/mol. The number of ketones is 1. The number of nitrogens with zero attached hydrogens (tertiary/aromatic N) is 2. The molecule has 6 nitrogen and oxygen atoms in total. The molecule has 2 aromatic heterocycles. The summed E-state index contributed by atoms with van der Waals surface area (Å²) in [6.07, 6.45) is 5.89. The fraction of sp³-hybridized carbons (Fsp3) is 0.250. The van der Waals surface area contributed by atoms with E-state index in [1.807, 2.05) is 0 Å². The number of hydrogen-bond donors (Lipinski definition) is 1. The quantitative estimate of drug-likeness (QED) is 0.791. The van der Waals surface area contributed by atoms with Gasteiger partial charge in [-0.1, -0.05) is 0 Å². The van der Waals surface area contributed by atoms with Gasteiger partial charge in [-0.05, 0) is 0 Å². The molecule has 8 heteroatoms. The van der Waals surface area contributed by atoms with Gasteiger partial charge in [0.15, 0.2) is 5.78 Å². The molecule has 0 bridgehead atoms. The van der Waals surface area contributed by atoms with Crippen LogP contribution in [-0.2, 0) is 10.0 Å². The van der Waals surface area contributed by atoms with Gasteiger partial charge in [-0.15, -0.1) is 11.3 Å². The van der Waals surface area contributed by atoms with Gasteiger partial charge in [-0.3, -0.25) is 9.20 Å². The molecule has 0 amide bonds. The van der Waals surface area contributed by atoms with Crippen molar-refractivity contribution in [1.29, 1.82) is 0 Å². The van der Waals surface area contributed by atoms with E-state index in [0.29, 0.717) is 4.88 Å². The maximum absolute atomic E-state index is 11.6. The average Bonchev–Trinajstić information content (AvgIpc) is 2.71. The summed E-state index contributed by atoms with van der Waals surface area (Å²) >= 11 is 1.28. The van der Waals surface area contributed by atoms with Crippen molar-refractivity contribution in [2.45, 2.75) is 0 Å². The van der Waals surface area contributed by atoms with Crippen molar-refractivity contribution in [3.05, 3.63) is 23.6 Å². The van der Waals surface area contributed by atoms with E-state index < -0.39 is 10.0 Å². The maximum atomic E-state index is 11.6. The highest BCUT2D eigenvalue weighted by Gasteiger charge is 2.12. The van der Waals surface area contributed by atoms with Crippen molar-refractivity contribution >= 4 is 32.0 Å². The van der Waals surface area contributed by atoms with Gasteiger partial charge >= 0.3 is 0 Å². The predicted molar refractivity (Wildman–Crippen MR) is 60.2 cm³/mol. The predicted octanol–water partition coefficient (Wildman–Crippen LogP) is 0.128. The Bertz CT molecular complexity index is 597. The van der Waals surface area contributed by atoms with E-state index in [1.54, 1.807) is 23.1 Å². The first-order valence-electron chi connectivity index (χ1n) is 4.35. The van der Waals surface area contributed by atoms with Crippen molar-refractivity contribution in [3.63, 3.8) is 0 Å². The number of sulfonamides is 1. The second-order valence-electron chi connectivity index (χ2n) is 3.25. The minimum atomic E-state index is -3.33. The number of carbonyl (C=O) groups excluding carboxylic acids is 1. The molecule has 0 aliphatic rings. The Balaban J connectivity index is 2.13. The van der Waals surface area contributed by atoms with Crippen LogP contribution in [-0.4, -0.2) is 36.4 Å². The highest BCUT2D eigenvalue weighted by Crippen LogP contribution is 2.17. The Morgan fingerprint density at radius 2 is 2.38 bits per heavy atom. The topological polar surface area (TPSA) is 80.5 Å². The minimum Gasteiger partial charge on any atom is -0.296 e. The van der Waals surface area contributed by atoms with Crippen molar-refractivity contribution in [1.82, 2.24) is 14.1 Å². The number of rotatable bonds is 4. The molecule has 0 aliphatic carbocycles. The minimum absolute atomic E-state index is 0.212. The molecular weight excluding hydrogens is 250 g/mol. The third kappa shape index (κ3) is 2.46. The summed E-state index contributed by atoms with van der Waals surface area (Å²) in [5, 5.41) is 0. The second kappa shape index (κ2) is 3.96. The third-order valence-electron chi connectivity index (χ3n) is 1.87. The van der Waals surface area contributed by atoms with Gasteiger partial charge in [-0.25, -0.2) is 18.1 Å². The van der Waals surface area contributed by atoms with Gasteiger partial charge in [0.1, 0.15) is 4.83 Å². The molecule has 0 saturated heterocycles. The van der Waals surface area contributed by atoms with Crippen LogP contribution in [0.15, 0.2) is 18.7 Å². The maximum Gasteiger partial charge on any atom is 0.209 e. The first-order valence-corrected chi connectivity index (χ1v) is 7.06. The molecule has 0 spiro atoms. The Hall–Kier alpha value is -1.25. The largest absolute Gasteiger partial charge is 0.296 e. The Morgan fingerprint density at radius 3 is 3.00 bits per heavy atom. The van der Waals surface area contributed by atoms with Gasteiger partial charge in [-0.2, -0.15) is 0 Å². The lowest BCUT2D eigenvalue weighted by Crippen LogP contribution is -2.28. The SMILES string of the molecule is CS(=O)(=O)NCC(=O)c1cn2cncc2s1. The van der Waals surface area contributed by atoms with Crippen LogP contribution in [0.1, 0.15) is 9.67 Å². The second-order valence-corrected chi connectivity index (χ2v) is 6.15. The summed E-state index contributed by atoms with van der Waals surface area (Å²) in [5.74, 6) is -0.251. The number of nitrogens with one attached hydrogen (secondary N) is 1. The Morgan fingerprint density at radius 1 is 1.62 bits per heavy atom. The number of imidazole rings is 1. The van der Waals surface area contributed by atoms with E-state index in [4.69, 9.17) is 0 Å². The zero-order valence-electron chi connectivity index (χ0n) is 8.37. The van der Waals surface area contributed by atoms with Crippen molar-refractivity contribution in [3.8, 4) is 0 Å². The van der Waals surface area contributed by atoms with Crippen molar-refractivity contribution in [2.24, 2.45) is 0 Å². The zero-order chi connectivity index (χ0) is 11.8. The van der Waals surface area contributed by atoms with E-state index in [2.05, 4.69) is 9.71 Å². The van der Waals surface area contributed by atoms with E-state index in [9.17, 15) is 13.2 Å². The molecule has 2 aromatic rings. The van der Waals surface area contributed by atoms with Crippen LogP contribution in [0.5, 0.6) is 0 Å². The lowest BCUT2D eigenvalue weighted by Gasteiger charge is -1.98. The first-order chi connectivity index (χ1) is 7.46. The Labute approximate surface area is 96.0 Å². The molecule has 0 atom stereocenters. The van der Waals surface area contributed by atoms with E-state index in [0.717, 1.165) is 11.1 Å². The summed E-state index contributed by atoms with van der Waals surface area (Å²) in [6, 6.07) is 0. The molecule has 0 radical (unpaired) electrons. The summed E-state index contributed by atoms with van der Waals surface area (Å²) in [4.78, 5) is 16.9. The lowest BCUT2D eigenvalue weighted by atomic mass is 10.3. The highest BCUT2D eigenvalue weighted by atomic mass is 32.2. The van der Waals surface area contributed by atoms with Gasteiger partial charge in [0, 0.05) is 6.20 Å². The molecule has 0 saturated carbocycles. The number of hydrogen-bond acceptors (Lipinski definition) is 5. The molecule has 1 N–H and O–H groups in total. The van der Waals surface area contributed by atoms with Crippen molar-refractivity contribution < 1.29 is 13.2 Å². The highest BCUT2D eigenvalue weighted by molar-refractivity contribution is 7.88. The normalized spacial score (nSPS) is 12.1. The average molecular weight is 259 g/mol. The van der Waals surface area contributed by atoms with Crippen LogP contribution in [0.2, 0.25) is 0 Å². The molecular formula is C8H9N3O3S2. The smallest absolute Gasteiger partial charge is 0.209 e. The van der Waals surface area contributed by atoms with Crippen molar-refractivity contribution in [2.75, 3.05) is 12.8 Å². The van der Waals surface area contributed by atoms with E-state index in [1.165, 1.54) is 11.3 Å². The number of aromatic nitrogens is 2.